The van der Waals surface area contributed by atoms with Crippen LogP contribution in [0.1, 0.15) is 29.4 Å². The zero-order valence-corrected chi connectivity index (χ0v) is 14.0. The third-order valence-corrected chi connectivity index (χ3v) is 4.00. The zero-order chi connectivity index (χ0) is 16.9. The molecule has 1 aromatic carbocycles. The molecule has 4 heteroatoms. The Kier molecular flexibility index (Phi) is 4.75. The van der Waals surface area contributed by atoms with Crippen molar-refractivity contribution in [3.63, 3.8) is 0 Å². The summed E-state index contributed by atoms with van der Waals surface area (Å²) in [6.07, 6.45) is 6.53. The van der Waals surface area contributed by atoms with Crippen molar-refractivity contribution in [1.82, 2.24) is 9.55 Å². The number of nitrogens with one attached hydrogen (secondary N) is 1. The smallest absolute Gasteiger partial charge is 0.272 e. The molecule has 3 aromatic rings. The number of rotatable bonds is 5. The fourth-order valence-corrected chi connectivity index (χ4v) is 2.73. The molecule has 2 heterocycles. The predicted octanol–water partition coefficient (Wildman–Crippen LogP) is 4.52. The highest BCUT2D eigenvalue weighted by atomic mass is 16.1. The van der Waals surface area contributed by atoms with Gasteiger partial charge in [0.2, 0.25) is 0 Å². The van der Waals surface area contributed by atoms with Crippen LogP contribution in [0.4, 0.5) is 5.69 Å². The number of hydrogen-bond donors (Lipinski definition) is 1. The highest BCUT2D eigenvalue weighted by molar-refractivity contribution is 6.04. The van der Waals surface area contributed by atoms with Crippen LogP contribution >= 0.6 is 0 Å². The second-order valence-electron chi connectivity index (χ2n) is 5.81. The van der Waals surface area contributed by atoms with E-state index in [0.29, 0.717) is 5.69 Å². The third kappa shape index (κ3) is 3.38. The molecule has 4 nitrogen and oxygen atoms in total. The zero-order valence-electron chi connectivity index (χ0n) is 14.0. The second-order valence-corrected chi connectivity index (χ2v) is 5.81. The van der Waals surface area contributed by atoms with E-state index in [9.17, 15) is 4.79 Å². The molecule has 24 heavy (non-hydrogen) atoms. The Morgan fingerprint density at radius 3 is 2.58 bits per heavy atom. The predicted molar refractivity (Wildman–Crippen MR) is 97.1 cm³/mol. The summed E-state index contributed by atoms with van der Waals surface area (Å²) >= 11 is 0. The van der Waals surface area contributed by atoms with Crippen LogP contribution in [0, 0.1) is 6.92 Å². The third-order valence-electron chi connectivity index (χ3n) is 4.00. The Labute approximate surface area is 142 Å². The number of nitrogens with zero attached hydrogens (tertiary/aromatic N) is 2. The number of benzene rings is 1. The molecule has 0 unspecified atom stereocenters. The number of hydrogen-bond acceptors (Lipinski definition) is 2. The van der Waals surface area contributed by atoms with Gasteiger partial charge in [-0.1, -0.05) is 25.1 Å². The standard InChI is InChI=1S/C20H21N3O/c1-3-12-23-14-17(16-8-10-21-11-9-16)13-19(23)20(24)22-18-7-5-4-6-15(18)2/h4-11,13-14H,3,12H2,1-2H3,(H,22,24). The van der Waals surface area contributed by atoms with Crippen molar-refractivity contribution in [2.45, 2.75) is 26.8 Å². The summed E-state index contributed by atoms with van der Waals surface area (Å²) in [6, 6.07) is 13.7. The fraction of sp³-hybridized carbons (Fsp3) is 0.200. The molecular weight excluding hydrogens is 298 g/mol. The van der Waals surface area contributed by atoms with E-state index < -0.39 is 0 Å². The fourth-order valence-electron chi connectivity index (χ4n) is 2.73. The van der Waals surface area contributed by atoms with E-state index in [1.54, 1.807) is 12.4 Å². The number of para-hydroxylation sites is 1. The molecule has 0 radical (unpaired) electrons. The monoisotopic (exact) mass is 319 g/mol. The maximum atomic E-state index is 12.8. The van der Waals surface area contributed by atoms with Crippen LogP contribution in [0.15, 0.2) is 61.1 Å². The number of amides is 1. The first-order chi connectivity index (χ1) is 11.7. The average molecular weight is 319 g/mol. The summed E-state index contributed by atoms with van der Waals surface area (Å²) in [7, 11) is 0. The lowest BCUT2D eigenvalue weighted by atomic mass is 10.1. The van der Waals surface area contributed by atoms with Crippen LogP contribution in [-0.4, -0.2) is 15.5 Å². The Hall–Kier alpha value is -2.88. The van der Waals surface area contributed by atoms with Crippen LogP contribution in [0.2, 0.25) is 0 Å². The number of aromatic nitrogens is 2. The van der Waals surface area contributed by atoms with Gasteiger partial charge in [-0.25, -0.2) is 0 Å². The van der Waals surface area contributed by atoms with Crippen molar-refractivity contribution in [3.05, 3.63) is 72.3 Å². The summed E-state index contributed by atoms with van der Waals surface area (Å²) in [5.41, 5.74) is 4.66. The number of aryl methyl sites for hydroxylation is 2. The lowest BCUT2D eigenvalue weighted by Gasteiger charge is -2.10. The van der Waals surface area contributed by atoms with E-state index in [1.807, 2.05) is 60.2 Å². The molecule has 0 aliphatic carbocycles. The van der Waals surface area contributed by atoms with Crippen LogP contribution in [-0.2, 0) is 6.54 Å². The van der Waals surface area contributed by atoms with Gasteiger partial charge in [-0.3, -0.25) is 9.78 Å². The number of carbonyl (C=O) groups excluding carboxylic acids is 1. The Morgan fingerprint density at radius 2 is 1.88 bits per heavy atom. The highest BCUT2D eigenvalue weighted by Gasteiger charge is 2.15. The van der Waals surface area contributed by atoms with Gasteiger partial charge in [-0.15, -0.1) is 0 Å². The maximum absolute atomic E-state index is 12.8. The van der Waals surface area contributed by atoms with Gasteiger partial charge >= 0.3 is 0 Å². The molecule has 0 aliphatic heterocycles. The van der Waals surface area contributed by atoms with Gasteiger partial charge in [0.25, 0.3) is 5.91 Å². The molecule has 1 amide bonds. The minimum Gasteiger partial charge on any atom is -0.343 e. The average Bonchev–Trinajstić information content (AvgIpc) is 3.02. The van der Waals surface area contributed by atoms with Crippen LogP contribution < -0.4 is 5.32 Å². The van der Waals surface area contributed by atoms with Crippen molar-refractivity contribution < 1.29 is 4.79 Å². The molecular formula is C20H21N3O. The van der Waals surface area contributed by atoms with E-state index in [-0.39, 0.29) is 5.91 Å². The Morgan fingerprint density at radius 1 is 1.12 bits per heavy atom. The molecule has 1 N–H and O–H groups in total. The molecule has 0 saturated carbocycles. The van der Waals surface area contributed by atoms with E-state index >= 15 is 0 Å². The number of carbonyl (C=O) groups is 1. The molecule has 0 atom stereocenters. The van der Waals surface area contributed by atoms with Crippen molar-refractivity contribution in [1.29, 1.82) is 0 Å². The summed E-state index contributed by atoms with van der Waals surface area (Å²) in [5, 5.41) is 3.02. The van der Waals surface area contributed by atoms with E-state index in [4.69, 9.17) is 0 Å². The Bertz CT molecular complexity index is 837. The molecule has 0 bridgehead atoms. The van der Waals surface area contributed by atoms with Crippen LogP contribution in [0.5, 0.6) is 0 Å². The first-order valence-electron chi connectivity index (χ1n) is 8.16. The minimum absolute atomic E-state index is 0.0851. The lowest BCUT2D eigenvalue weighted by Crippen LogP contribution is -2.17. The van der Waals surface area contributed by atoms with Gasteiger partial charge in [-0.2, -0.15) is 0 Å². The highest BCUT2D eigenvalue weighted by Crippen LogP contribution is 2.23. The first-order valence-corrected chi connectivity index (χ1v) is 8.16. The number of pyridine rings is 1. The second kappa shape index (κ2) is 7.13. The molecule has 0 saturated heterocycles. The maximum Gasteiger partial charge on any atom is 0.272 e. The molecule has 2 aromatic heterocycles. The van der Waals surface area contributed by atoms with Crippen LogP contribution in [0.3, 0.4) is 0 Å². The van der Waals surface area contributed by atoms with Crippen molar-refractivity contribution in [2.24, 2.45) is 0 Å². The van der Waals surface area contributed by atoms with Crippen molar-refractivity contribution in [2.75, 3.05) is 5.32 Å². The summed E-state index contributed by atoms with van der Waals surface area (Å²) in [5.74, 6) is -0.0851. The van der Waals surface area contributed by atoms with Gasteiger partial charge < -0.3 is 9.88 Å². The topological polar surface area (TPSA) is 46.9 Å². The number of anilines is 1. The Balaban J connectivity index is 1.92. The van der Waals surface area contributed by atoms with Gasteiger partial charge in [0.1, 0.15) is 5.69 Å². The molecule has 0 aliphatic rings. The van der Waals surface area contributed by atoms with Gasteiger partial charge in [-0.05, 0) is 48.7 Å². The minimum atomic E-state index is -0.0851. The van der Waals surface area contributed by atoms with Crippen LogP contribution in [0.25, 0.3) is 11.1 Å². The van der Waals surface area contributed by atoms with Gasteiger partial charge in [0, 0.05) is 36.4 Å². The lowest BCUT2D eigenvalue weighted by molar-refractivity contribution is 0.101. The van der Waals surface area contributed by atoms with Crippen molar-refractivity contribution >= 4 is 11.6 Å². The first kappa shape index (κ1) is 16.0. The molecule has 0 spiro atoms. The van der Waals surface area contributed by atoms with Gasteiger partial charge in [0.05, 0.1) is 0 Å². The van der Waals surface area contributed by atoms with Gasteiger partial charge in [0.15, 0.2) is 0 Å². The summed E-state index contributed by atoms with van der Waals surface area (Å²) < 4.78 is 2.02. The summed E-state index contributed by atoms with van der Waals surface area (Å²) in [4.78, 5) is 16.8. The SMILES string of the molecule is CCCn1cc(-c2ccncc2)cc1C(=O)Nc1ccccc1C. The molecule has 0 fully saturated rings. The quantitative estimate of drug-likeness (QED) is 0.751. The molecule has 122 valence electrons. The van der Waals surface area contributed by atoms with E-state index in [0.717, 1.165) is 35.3 Å². The largest absolute Gasteiger partial charge is 0.343 e. The normalized spacial score (nSPS) is 10.6. The van der Waals surface area contributed by atoms with E-state index in [2.05, 4.69) is 17.2 Å². The summed E-state index contributed by atoms with van der Waals surface area (Å²) in [6.45, 7) is 4.90. The van der Waals surface area contributed by atoms with E-state index in [1.165, 1.54) is 0 Å². The van der Waals surface area contributed by atoms with Crippen molar-refractivity contribution in [3.8, 4) is 11.1 Å². The molecule has 3 rings (SSSR count).